The lowest BCUT2D eigenvalue weighted by Gasteiger charge is -2.27. The minimum atomic E-state index is -0.175. The van der Waals surface area contributed by atoms with Crippen molar-refractivity contribution in [1.29, 1.82) is 0 Å². The van der Waals surface area contributed by atoms with Crippen molar-refractivity contribution in [2.45, 2.75) is 44.1 Å². The monoisotopic (exact) mass is 238 g/mol. The van der Waals surface area contributed by atoms with Crippen molar-refractivity contribution < 1.29 is 9.53 Å². The molecule has 3 rings (SSSR count). The van der Waals surface area contributed by atoms with Crippen LogP contribution in [0, 0.1) is 5.92 Å². The Bertz CT molecular complexity index is 294. The summed E-state index contributed by atoms with van der Waals surface area (Å²) in [7, 11) is 0. The number of carbonyl (C=O) groups is 1. The van der Waals surface area contributed by atoms with Crippen LogP contribution in [0.2, 0.25) is 0 Å². The fraction of sp³-hybridized carbons (Fsp3) is 0.923. The molecule has 17 heavy (non-hydrogen) atoms. The number of amides is 1. The van der Waals surface area contributed by atoms with Crippen LogP contribution in [0.5, 0.6) is 0 Å². The number of ether oxygens (including phenoxy) is 1. The first kappa shape index (κ1) is 11.5. The highest BCUT2D eigenvalue weighted by Gasteiger charge is 2.48. The first-order chi connectivity index (χ1) is 8.30. The first-order valence-electron chi connectivity index (χ1n) is 6.92. The summed E-state index contributed by atoms with van der Waals surface area (Å²) in [5.41, 5.74) is -0.175. The van der Waals surface area contributed by atoms with Gasteiger partial charge in [-0.05, 0) is 31.6 Å². The molecule has 96 valence electrons. The number of rotatable bonds is 2. The normalized spacial score (nSPS) is 29.4. The van der Waals surface area contributed by atoms with Gasteiger partial charge in [-0.2, -0.15) is 0 Å². The van der Waals surface area contributed by atoms with Crippen molar-refractivity contribution in [2.24, 2.45) is 5.92 Å². The van der Waals surface area contributed by atoms with E-state index in [9.17, 15) is 4.79 Å². The zero-order valence-corrected chi connectivity index (χ0v) is 10.4. The lowest BCUT2D eigenvalue weighted by atomic mass is 9.96. The highest BCUT2D eigenvalue weighted by atomic mass is 16.5. The third-order valence-electron chi connectivity index (χ3n) is 4.58. The van der Waals surface area contributed by atoms with Gasteiger partial charge < -0.3 is 9.64 Å². The summed E-state index contributed by atoms with van der Waals surface area (Å²) in [5.74, 6) is 1.01. The van der Waals surface area contributed by atoms with Crippen LogP contribution in [0.15, 0.2) is 0 Å². The van der Waals surface area contributed by atoms with E-state index in [1.54, 1.807) is 0 Å². The summed E-state index contributed by atoms with van der Waals surface area (Å²) < 4.78 is 5.37. The van der Waals surface area contributed by atoms with Gasteiger partial charge >= 0.3 is 0 Å². The number of nitrogens with zero attached hydrogens (tertiary/aromatic N) is 1. The number of carbonyl (C=O) groups excluding carboxylic acids is 1. The van der Waals surface area contributed by atoms with Crippen molar-refractivity contribution in [1.82, 2.24) is 10.2 Å². The molecular formula is C13H22N2O2. The highest BCUT2D eigenvalue weighted by molar-refractivity contribution is 5.88. The maximum Gasteiger partial charge on any atom is 0.243 e. The van der Waals surface area contributed by atoms with Crippen LogP contribution in [-0.4, -0.2) is 42.8 Å². The van der Waals surface area contributed by atoms with E-state index in [1.165, 1.54) is 12.8 Å². The smallest absolute Gasteiger partial charge is 0.243 e. The average Bonchev–Trinajstić information content (AvgIpc) is 2.95. The van der Waals surface area contributed by atoms with Crippen molar-refractivity contribution >= 4 is 5.91 Å². The van der Waals surface area contributed by atoms with Crippen molar-refractivity contribution in [3.8, 4) is 0 Å². The lowest BCUT2D eigenvalue weighted by molar-refractivity contribution is -0.133. The Morgan fingerprint density at radius 1 is 1.29 bits per heavy atom. The molecule has 0 bridgehead atoms. The SMILES string of the molecule is O=C1N(CC2CCOCC2)CNC12CCCC2. The predicted octanol–water partition coefficient (Wildman–Crippen LogP) is 1.12. The topological polar surface area (TPSA) is 41.6 Å². The molecule has 3 aliphatic rings. The van der Waals surface area contributed by atoms with Crippen molar-refractivity contribution in [2.75, 3.05) is 26.4 Å². The molecule has 1 saturated carbocycles. The largest absolute Gasteiger partial charge is 0.381 e. The summed E-state index contributed by atoms with van der Waals surface area (Å²) in [5, 5.41) is 3.47. The molecule has 2 heterocycles. The van der Waals surface area contributed by atoms with E-state index in [-0.39, 0.29) is 5.54 Å². The van der Waals surface area contributed by atoms with E-state index in [4.69, 9.17) is 4.74 Å². The molecule has 1 N–H and O–H groups in total. The molecule has 0 atom stereocenters. The molecule has 4 nitrogen and oxygen atoms in total. The van der Waals surface area contributed by atoms with E-state index in [2.05, 4.69) is 5.32 Å². The van der Waals surface area contributed by atoms with Gasteiger partial charge in [0, 0.05) is 19.8 Å². The van der Waals surface area contributed by atoms with E-state index in [1.807, 2.05) is 4.90 Å². The molecule has 3 fully saturated rings. The molecule has 0 aromatic carbocycles. The van der Waals surface area contributed by atoms with Crippen LogP contribution in [0.1, 0.15) is 38.5 Å². The molecule has 1 spiro atoms. The number of hydrogen-bond donors (Lipinski definition) is 1. The van der Waals surface area contributed by atoms with Gasteiger partial charge in [0.2, 0.25) is 5.91 Å². The highest BCUT2D eigenvalue weighted by Crippen LogP contribution is 2.34. The van der Waals surface area contributed by atoms with Gasteiger partial charge in [-0.3, -0.25) is 10.1 Å². The second-order valence-electron chi connectivity index (χ2n) is 5.71. The van der Waals surface area contributed by atoms with E-state index in [0.29, 0.717) is 11.8 Å². The summed E-state index contributed by atoms with van der Waals surface area (Å²) in [4.78, 5) is 14.5. The summed E-state index contributed by atoms with van der Waals surface area (Å²) in [6, 6.07) is 0. The Morgan fingerprint density at radius 3 is 2.71 bits per heavy atom. The predicted molar refractivity (Wildman–Crippen MR) is 64.5 cm³/mol. The fourth-order valence-electron chi connectivity index (χ4n) is 3.45. The molecule has 0 unspecified atom stereocenters. The van der Waals surface area contributed by atoms with Crippen LogP contribution < -0.4 is 5.32 Å². The van der Waals surface area contributed by atoms with E-state index < -0.39 is 0 Å². The third kappa shape index (κ3) is 2.08. The molecule has 2 aliphatic heterocycles. The molecule has 0 aromatic rings. The van der Waals surface area contributed by atoms with Gasteiger partial charge in [-0.25, -0.2) is 0 Å². The zero-order valence-electron chi connectivity index (χ0n) is 10.4. The molecule has 2 saturated heterocycles. The summed E-state index contributed by atoms with van der Waals surface area (Å²) in [6.45, 7) is 3.42. The summed E-state index contributed by atoms with van der Waals surface area (Å²) >= 11 is 0. The minimum Gasteiger partial charge on any atom is -0.381 e. The van der Waals surface area contributed by atoms with Crippen LogP contribution in [0.25, 0.3) is 0 Å². The van der Waals surface area contributed by atoms with Gasteiger partial charge in [-0.1, -0.05) is 12.8 Å². The van der Waals surface area contributed by atoms with Crippen LogP contribution >= 0.6 is 0 Å². The zero-order chi connectivity index (χ0) is 11.7. The molecule has 1 amide bonds. The fourth-order valence-corrected chi connectivity index (χ4v) is 3.45. The maximum atomic E-state index is 12.4. The minimum absolute atomic E-state index is 0.175. The van der Waals surface area contributed by atoms with Gasteiger partial charge in [0.15, 0.2) is 0 Å². The molecule has 1 aliphatic carbocycles. The van der Waals surface area contributed by atoms with Crippen molar-refractivity contribution in [3.05, 3.63) is 0 Å². The summed E-state index contributed by atoms with van der Waals surface area (Å²) in [6.07, 6.45) is 6.69. The second kappa shape index (κ2) is 4.58. The Kier molecular flexibility index (Phi) is 3.09. The van der Waals surface area contributed by atoms with Gasteiger partial charge in [-0.15, -0.1) is 0 Å². The van der Waals surface area contributed by atoms with Crippen LogP contribution in [-0.2, 0) is 9.53 Å². The van der Waals surface area contributed by atoms with Crippen molar-refractivity contribution in [3.63, 3.8) is 0 Å². The molecule has 4 heteroatoms. The quantitative estimate of drug-likeness (QED) is 0.783. The maximum absolute atomic E-state index is 12.4. The molecule has 0 radical (unpaired) electrons. The van der Waals surface area contributed by atoms with E-state index >= 15 is 0 Å². The molecule has 0 aromatic heterocycles. The molecular weight excluding hydrogens is 216 g/mol. The van der Waals surface area contributed by atoms with Crippen LogP contribution in [0.3, 0.4) is 0 Å². The second-order valence-corrected chi connectivity index (χ2v) is 5.71. The Morgan fingerprint density at radius 2 is 2.00 bits per heavy atom. The third-order valence-corrected chi connectivity index (χ3v) is 4.58. The standard InChI is InChI=1S/C13H22N2O2/c16-12-13(5-1-2-6-13)14-10-15(12)9-11-3-7-17-8-4-11/h11,14H,1-10H2. The van der Waals surface area contributed by atoms with Crippen LogP contribution in [0.4, 0.5) is 0 Å². The lowest BCUT2D eigenvalue weighted by Crippen LogP contribution is -2.44. The Hall–Kier alpha value is -0.610. The van der Waals surface area contributed by atoms with Gasteiger partial charge in [0.25, 0.3) is 0 Å². The first-order valence-corrected chi connectivity index (χ1v) is 6.92. The van der Waals surface area contributed by atoms with E-state index in [0.717, 1.165) is 52.1 Å². The number of hydrogen-bond acceptors (Lipinski definition) is 3. The number of nitrogens with one attached hydrogen (secondary N) is 1. The Balaban J connectivity index is 1.59. The van der Waals surface area contributed by atoms with Gasteiger partial charge in [0.05, 0.1) is 12.2 Å². The Labute approximate surface area is 103 Å². The van der Waals surface area contributed by atoms with Gasteiger partial charge in [0.1, 0.15) is 0 Å². The average molecular weight is 238 g/mol.